The van der Waals surface area contributed by atoms with Gasteiger partial charge in [-0.1, -0.05) is 36.4 Å². The number of hydrogen-bond acceptors (Lipinski definition) is 2. The average Bonchev–Trinajstić information content (AvgIpc) is 3.05. The number of esters is 1. The van der Waals surface area contributed by atoms with E-state index in [-0.39, 0.29) is 5.97 Å². The molecular weight excluding hydrogens is 346 g/mol. The Labute approximate surface area is 163 Å². The van der Waals surface area contributed by atoms with E-state index in [4.69, 9.17) is 4.74 Å². The smallest absolute Gasteiger partial charge is 0.404 e. The maximum absolute atomic E-state index is 13.2. The summed E-state index contributed by atoms with van der Waals surface area (Å²) in [6, 6.07) is 17.1. The molecule has 0 saturated heterocycles. The molecule has 4 aromatic rings. The lowest BCUT2D eigenvalue weighted by molar-refractivity contribution is -0.516. The monoisotopic (exact) mass is 366 g/mol. The van der Waals surface area contributed by atoms with Gasteiger partial charge < -0.3 is 4.74 Å². The van der Waals surface area contributed by atoms with Crippen LogP contribution in [-0.2, 0) is 17.6 Å². The van der Waals surface area contributed by atoms with Crippen LogP contribution in [0.5, 0.6) is 0 Å². The molecule has 3 heteroatoms. The largest absolute Gasteiger partial charge is 0.458 e. The summed E-state index contributed by atoms with van der Waals surface area (Å²) in [6.07, 6.45) is 5.25. The molecule has 136 valence electrons. The summed E-state index contributed by atoms with van der Waals surface area (Å²) in [5, 5.41) is 2.48. The lowest BCUT2D eigenvalue weighted by Crippen LogP contribution is -2.35. The van der Waals surface area contributed by atoms with Crippen LogP contribution in [0.25, 0.3) is 38.5 Å². The Balaban J connectivity index is 1.87. The van der Waals surface area contributed by atoms with E-state index in [0.717, 1.165) is 30.4 Å². The summed E-state index contributed by atoms with van der Waals surface area (Å²) >= 11 is 0. The third-order valence-electron chi connectivity index (χ3n) is 6.18. The first-order valence-electron chi connectivity index (χ1n) is 10.0. The van der Waals surface area contributed by atoms with Crippen LogP contribution >= 0.6 is 0 Å². The quantitative estimate of drug-likeness (QED) is 0.329. The highest BCUT2D eigenvalue weighted by Crippen LogP contribution is 2.51. The fourth-order valence-corrected chi connectivity index (χ4v) is 5.20. The van der Waals surface area contributed by atoms with Crippen molar-refractivity contribution in [3.05, 3.63) is 71.5 Å². The maximum atomic E-state index is 13.2. The van der Waals surface area contributed by atoms with Gasteiger partial charge in [-0.15, -0.1) is 0 Å². The van der Waals surface area contributed by atoms with Crippen LogP contribution in [0.15, 0.2) is 54.7 Å². The van der Waals surface area contributed by atoms with E-state index in [9.17, 15) is 4.79 Å². The van der Waals surface area contributed by atoms with Gasteiger partial charge in [0.05, 0.1) is 12.2 Å². The molecule has 0 saturated carbocycles. The lowest BCUT2D eigenvalue weighted by atomic mass is 9.87. The van der Waals surface area contributed by atoms with Crippen molar-refractivity contribution in [2.75, 3.05) is 6.61 Å². The first kappa shape index (κ1) is 15.8. The highest BCUT2D eigenvalue weighted by Gasteiger charge is 2.39. The number of pyridine rings is 2. The standard InChI is InChI=1S/C25H20NO2/c1-2-28-25(27)24-22-18-12-4-8-15-7-3-11-17(20(15)18)21(22)19-13-5-9-16-10-6-14-26(24)23(16)19/h3-4,6-8,10-12,14H,2,5,9,13H2,1H3/q+1. The van der Waals surface area contributed by atoms with Crippen molar-refractivity contribution in [1.82, 2.24) is 0 Å². The molecule has 2 aliphatic carbocycles. The number of aryl methyl sites for hydroxylation is 2. The molecule has 3 nitrogen and oxygen atoms in total. The molecule has 6 rings (SSSR count). The zero-order valence-corrected chi connectivity index (χ0v) is 15.8. The maximum Gasteiger partial charge on any atom is 0.404 e. The average molecular weight is 366 g/mol. The number of aromatic nitrogens is 1. The van der Waals surface area contributed by atoms with Crippen molar-refractivity contribution in [2.45, 2.75) is 26.2 Å². The Morgan fingerprint density at radius 3 is 2.57 bits per heavy atom. The van der Waals surface area contributed by atoms with Crippen LogP contribution in [0, 0.1) is 0 Å². The number of nitrogens with zero attached hydrogens (tertiary/aromatic N) is 1. The Morgan fingerprint density at radius 2 is 1.79 bits per heavy atom. The Kier molecular flexibility index (Phi) is 3.19. The zero-order valence-electron chi connectivity index (χ0n) is 15.8. The van der Waals surface area contributed by atoms with Gasteiger partial charge >= 0.3 is 11.7 Å². The molecule has 0 unspecified atom stereocenters. The van der Waals surface area contributed by atoms with Crippen LogP contribution in [0.2, 0.25) is 0 Å². The molecular formula is C25H20NO2+. The molecule has 0 radical (unpaired) electrons. The first-order valence-corrected chi connectivity index (χ1v) is 10.0. The van der Waals surface area contributed by atoms with Crippen LogP contribution in [0.1, 0.15) is 35.0 Å². The topological polar surface area (TPSA) is 30.4 Å². The molecule has 2 aromatic carbocycles. The predicted molar refractivity (Wildman–Crippen MR) is 110 cm³/mol. The van der Waals surface area contributed by atoms with Crippen molar-refractivity contribution in [3.8, 4) is 22.3 Å². The second kappa shape index (κ2) is 5.65. The number of benzene rings is 2. The third kappa shape index (κ3) is 1.89. The normalized spacial score (nSPS) is 13.8. The molecule has 0 atom stereocenters. The van der Waals surface area contributed by atoms with Gasteiger partial charge in [0.1, 0.15) is 0 Å². The molecule has 0 spiro atoms. The number of carbonyl (C=O) groups is 1. The van der Waals surface area contributed by atoms with E-state index in [1.54, 1.807) is 0 Å². The molecule has 0 fully saturated rings. The summed E-state index contributed by atoms with van der Waals surface area (Å²) < 4.78 is 7.62. The minimum atomic E-state index is -0.247. The second-order valence-electron chi connectivity index (χ2n) is 7.61. The minimum Gasteiger partial charge on any atom is -0.458 e. The van der Waals surface area contributed by atoms with Crippen molar-refractivity contribution >= 4 is 22.3 Å². The van der Waals surface area contributed by atoms with E-state index in [2.05, 4.69) is 52.9 Å². The van der Waals surface area contributed by atoms with E-state index < -0.39 is 0 Å². The molecule has 2 aliphatic rings. The predicted octanol–water partition coefficient (Wildman–Crippen LogP) is 4.89. The Hall–Kier alpha value is -3.20. The van der Waals surface area contributed by atoms with Gasteiger partial charge in [0.2, 0.25) is 5.52 Å². The van der Waals surface area contributed by atoms with Crippen molar-refractivity contribution < 1.29 is 13.9 Å². The van der Waals surface area contributed by atoms with Crippen LogP contribution in [0.4, 0.5) is 0 Å². The second-order valence-corrected chi connectivity index (χ2v) is 7.61. The number of rotatable bonds is 2. The molecule has 2 heterocycles. The highest BCUT2D eigenvalue weighted by molar-refractivity contribution is 6.19. The van der Waals surface area contributed by atoms with Gasteiger partial charge in [-0.25, -0.2) is 4.79 Å². The Bertz CT molecular complexity index is 1310. The van der Waals surface area contributed by atoms with Gasteiger partial charge in [-0.2, -0.15) is 4.40 Å². The summed E-state index contributed by atoms with van der Waals surface area (Å²) in [5.41, 5.74) is 9.21. The molecule has 0 bridgehead atoms. The SMILES string of the molecule is CCOC(=O)c1c2c(c3c4c(ccc[n+]14)CCC3)-c1cccc3cccc-2c13. The van der Waals surface area contributed by atoms with Crippen molar-refractivity contribution in [2.24, 2.45) is 0 Å². The van der Waals surface area contributed by atoms with Crippen LogP contribution in [0.3, 0.4) is 0 Å². The van der Waals surface area contributed by atoms with Crippen LogP contribution < -0.4 is 4.40 Å². The zero-order chi connectivity index (χ0) is 18.8. The molecule has 0 aliphatic heterocycles. The molecule has 28 heavy (non-hydrogen) atoms. The van der Waals surface area contributed by atoms with Crippen molar-refractivity contribution in [3.63, 3.8) is 0 Å². The number of hydrogen-bond donors (Lipinski definition) is 0. The molecule has 0 N–H and O–H groups in total. The Morgan fingerprint density at radius 1 is 1.00 bits per heavy atom. The number of fused-ring (bicyclic) bond motifs is 4. The fourth-order valence-electron chi connectivity index (χ4n) is 5.20. The van der Waals surface area contributed by atoms with Gasteiger partial charge in [-0.05, 0) is 54.2 Å². The van der Waals surface area contributed by atoms with Gasteiger partial charge in [0, 0.05) is 22.8 Å². The van der Waals surface area contributed by atoms with Gasteiger partial charge in [0.25, 0.3) is 0 Å². The first-order chi connectivity index (χ1) is 13.8. The lowest BCUT2D eigenvalue weighted by Gasteiger charge is -2.18. The summed E-state index contributed by atoms with van der Waals surface area (Å²) in [4.78, 5) is 13.2. The molecule has 0 amide bonds. The minimum absolute atomic E-state index is 0.247. The number of carbonyl (C=O) groups excluding carboxylic acids is 1. The van der Waals surface area contributed by atoms with E-state index in [1.807, 2.05) is 13.1 Å². The number of ether oxygens (including phenoxy) is 1. The molecule has 2 aromatic heterocycles. The van der Waals surface area contributed by atoms with E-state index >= 15 is 0 Å². The summed E-state index contributed by atoms with van der Waals surface area (Å²) in [6.45, 7) is 2.23. The van der Waals surface area contributed by atoms with E-state index in [1.165, 1.54) is 38.5 Å². The highest BCUT2D eigenvalue weighted by atomic mass is 16.5. The van der Waals surface area contributed by atoms with Gasteiger partial charge in [-0.3, -0.25) is 0 Å². The fraction of sp³-hybridized carbons (Fsp3) is 0.200. The summed E-state index contributed by atoms with van der Waals surface area (Å²) in [5.74, 6) is -0.247. The van der Waals surface area contributed by atoms with Gasteiger partial charge in [0.15, 0.2) is 6.20 Å². The van der Waals surface area contributed by atoms with Crippen LogP contribution in [-0.4, -0.2) is 12.6 Å². The summed E-state index contributed by atoms with van der Waals surface area (Å²) in [7, 11) is 0. The third-order valence-corrected chi connectivity index (χ3v) is 6.18. The van der Waals surface area contributed by atoms with Crippen molar-refractivity contribution in [1.29, 1.82) is 0 Å². The van der Waals surface area contributed by atoms with E-state index in [0.29, 0.717) is 12.3 Å².